The Hall–Kier alpha value is -1.57. The highest BCUT2D eigenvalue weighted by Gasteiger charge is 2.38. The predicted molar refractivity (Wildman–Crippen MR) is 68.2 cm³/mol. The van der Waals surface area contributed by atoms with Crippen molar-refractivity contribution < 1.29 is 0 Å². The zero-order valence-corrected chi connectivity index (χ0v) is 9.94. The summed E-state index contributed by atoms with van der Waals surface area (Å²) >= 11 is 0. The Morgan fingerprint density at radius 1 is 1.19 bits per heavy atom. The average Bonchev–Trinajstić information content (AvgIpc) is 2.59. The van der Waals surface area contributed by atoms with E-state index < -0.39 is 0 Å². The standard InChI is InChI=1S/C14H16N2/c1-9-8-15-13-11-6-4-5-7-12(11)16(3)14(13)10(9)2/h4-8,13-14H,1-3H3. The highest BCUT2D eigenvalue weighted by molar-refractivity contribution is 5.83. The summed E-state index contributed by atoms with van der Waals surface area (Å²) in [5, 5.41) is 0. The molecule has 2 unspecified atom stereocenters. The number of aliphatic imine (C=N–C) groups is 1. The van der Waals surface area contributed by atoms with Crippen LogP contribution in [0.25, 0.3) is 0 Å². The summed E-state index contributed by atoms with van der Waals surface area (Å²) in [6.07, 6.45) is 2.02. The number of hydrogen-bond acceptors (Lipinski definition) is 2. The van der Waals surface area contributed by atoms with Gasteiger partial charge in [0.25, 0.3) is 0 Å². The SMILES string of the molecule is CC1=C(C)C2C(N=C1)c1ccccc1N2C. The molecule has 2 atom stereocenters. The second kappa shape index (κ2) is 3.21. The van der Waals surface area contributed by atoms with Crippen molar-refractivity contribution in [3.63, 3.8) is 0 Å². The molecule has 2 heteroatoms. The van der Waals surface area contributed by atoms with E-state index in [1.165, 1.54) is 22.4 Å². The maximum absolute atomic E-state index is 4.69. The fourth-order valence-electron chi connectivity index (χ4n) is 2.81. The molecule has 0 amide bonds. The number of allylic oxidation sites excluding steroid dienone is 1. The van der Waals surface area contributed by atoms with E-state index in [9.17, 15) is 0 Å². The van der Waals surface area contributed by atoms with Gasteiger partial charge >= 0.3 is 0 Å². The van der Waals surface area contributed by atoms with E-state index >= 15 is 0 Å². The van der Waals surface area contributed by atoms with Gasteiger partial charge in [-0.25, -0.2) is 0 Å². The van der Waals surface area contributed by atoms with Gasteiger partial charge in [-0.1, -0.05) is 18.2 Å². The molecule has 0 fully saturated rings. The van der Waals surface area contributed by atoms with Crippen LogP contribution in [0.1, 0.15) is 25.5 Å². The van der Waals surface area contributed by atoms with Crippen LogP contribution in [0.15, 0.2) is 40.4 Å². The molecular weight excluding hydrogens is 196 g/mol. The lowest BCUT2D eigenvalue weighted by Crippen LogP contribution is -2.33. The quantitative estimate of drug-likeness (QED) is 0.645. The van der Waals surface area contributed by atoms with Gasteiger partial charge in [0.2, 0.25) is 0 Å². The molecule has 2 heterocycles. The first-order chi connectivity index (χ1) is 7.70. The van der Waals surface area contributed by atoms with Crippen molar-refractivity contribution in [3.8, 4) is 0 Å². The monoisotopic (exact) mass is 212 g/mol. The van der Waals surface area contributed by atoms with Crippen molar-refractivity contribution in [3.05, 3.63) is 41.0 Å². The Balaban J connectivity index is 2.17. The zero-order chi connectivity index (χ0) is 11.3. The van der Waals surface area contributed by atoms with Crippen LogP contribution in [0.4, 0.5) is 5.69 Å². The Morgan fingerprint density at radius 2 is 1.94 bits per heavy atom. The van der Waals surface area contributed by atoms with Crippen molar-refractivity contribution in [1.29, 1.82) is 0 Å². The second-order valence-electron chi connectivity index (χ2n) is 4.70. The van der Waals surface area contributed by atoms with Gasteiger partial charge in [-0.15, -0.1) is 0 Å². The van der Waals surface area contributed by atoms with Crippen molar-refractivity contribution in [2.75, 3.05) is 11.9 Å². The van der Waals surface area contributed by atoms with Crippen molar-refractivity contribution in [1.82, 2.24) is 0 Å². The number of nitrogens with zero attached hydrogens (tertiary/aromatic N) is 2. The van der Waals surface area contributed by atoms with Crippen LogP contribution in [0, 0.1) is 0 Å². The topological polar surface area (TPSA) is 15.6 Å². The summed E-state index contributed by atoms with van der Waals surface area (Å²) in [6, 6.07) is 9.30. The molecule has 82 valence electrons. The highest BCUT2D eigenvalue weighted by atomic mass is 15.2. The van der Waals surface area contributed by atoms with Crippen LogP contribution in [0.3, 0.4) is 0 Å². The lowest BCUT2D eigenvalue weighted by Gasteiger charge is -2.29. The molecule has 16 heavy (non-hydrogen) atoms. The summed E-state index contributed by atoms with van der Waals surface area (Å²) in [5.74, 6) is 0. The molecule has 0 aliphatic carbocycles. The van der Waals surface area contributed by atoms with E-state index in [1.54, 1.807) is 0 Å². The Morgan fingerprint density at radius 3 is 2.75 bits per heavy atom. The highest BCUT2D eigenvalue weighted by Crippen LogP contribution is 2.45. The average molecular weight is 212 g/mol. The Kier molecular flexibility index (Phi) is 1.93. The number of dihydropyridines is 1. The minimum absolute atomic E-state index is 0.296. The van der Waals surface area contributed by atoms with Gasteiger partial charge in [0.1, 0.15) is 6.04 Å². The van der Waals surface area contributed by atoms with Crippen molar-refractivity contribution >= 4 is 11.9 Å². The molecule has 0 spiro atoms. The van der Waals surface area contributed by atoms with Gasteiger partial charge in [0.15, 0.2) is 0 Å². The molecule has 1 aromatic rings. The third kappa shape index (κ3) is 1.10. The maximum atomic E-state index is 4.69. The fourth-order valence-corrected chi connectivity index (χ4v) is 2.81. The summed E-state index contributed by atoms with van der Waals surface area (Å²) in [7, 11) is 2.17. The molecule has 2 aliphatic rings. The minimum Gasteiger partial charge on any atom is -0.365 e. The Bertz CT molecular complexity index is 499. The van der Waals surface area contributed by atoms with Gasteiger partial charge in [-0.05, 0) is 31.1 Å². The van der Waals surface area contributed by atoms with Crippen LogP contribution in [0.5, 0.6) is 0 Å². The summed E-state index contributed by atoms with van der Waals surface area (Å²) in [5.41, 5.74) is 5.43. The molecule has 2 nitrogen and oxygen atoms in total. The Labute approximate surface area is 96.3 Å². The molecule has 0 saturated carbocycles. The smallest absolute Gasteiger partial charge is 0.101 e. The minimum atomic E-state index is 0.296. The first kappa shape index (κ1) is 9.64. The predicted octanol–water partition coefficient (Wildman–Crippen LogP) is 2.97. The fraction of sp³-hybridized carbons (Fsp3) is 0.357. The largest absolute Gasteiger partial charge is 0.365 e. The van der Waals surface area contributed by atoms with Gasteiger partial charge in [-0.3, -0.25) is 4.99 Å². The van der Waals surface area contributed by atoms with Crippen molar-refractivity contribution in [2.45, 2.75) is 25.9 Å². The molecule has 3 rings (SSSR count). The summed E-state index contributed by atoms with van der Waals surface area (Å²) < 4.78 is 0. The number of rotatable bonds is 0. The van der Waals surface area contributed by atoms with Crippen LogP contribution in [0.2, 0.25) is 0 Å². The first-order valence-electron chi connectivity index (χ1n) is 5.72. The summed E-state index contributed by atoms with van der Waals surface area (Å²) in [4.78, 5) is 7.05. The molecule has 2 aliphatic heterocycles. The third-order valence-corrected chi connectivity index (χ3v) is 3.85. The van der Waals surface area contributed by atoms with E-state index in [2.05, 4.69) is 50.1 Å². The number of para-hydroxylation sites is 1. The van der Waals surface area contributed by atoms with Gasteiger partial charge in [0.05, 0.1) is 6.04 Å². The lowest BCUT2D eigenvalue weighted by atomic mass is 9.93. The van der Waals surface area contributed by atoms with E-state index in [-0.39, 0.29) is 0 Å². The zero-order valence-electron chi connectivity index (χ0n) is 9.94. The van der Waals surface area contributed by atoms with Crippen LogP contribution >= 0.6 is 0 Å². The first-order valence-corrected chi connectivity index (χ1v) is 5.72. The number of benzene rings is 1. The van der Waals surface area contributed by atoms with Gasteiger partial charge in [0, 0.05) is 24.5 Å². The van der Waals surface area contributed by atoms with Gasteiger partial charge in [-0.2, -0.15) is 0 Å². The van der Waals surface area contributed by atoms with Crippen LogP contribution in [-0.2, 0) is 0 Å². The molecule has 0 N–H and O–H groups in total. The van der Waals surface area contributed by atoms with E-state index in [1.807, 2.05) is 6.21 Å². The van der Waals surface area contributed by atoms with Crippen molar-refractivity contribution in [2.24, 2.45) is 4.99 Å². The summed E-state index contributed by atoms with van der Waals surface area (Å²) in [6.45, 7) is 4.37. The lowest BCUT2D eigenvalue weighted by molar-refractivity contribution is 0.618. The van der Waals surface area contributed by atoms with Gasteiger partial charge < -0.3 is 4.90 Å². The molecule has 1 aromatic carbocycles. The molecule has 0 aromatic heterocycles. The maximum Gasteiger partial charge on any atom is 0.101 e. The molecule has 0 bridgehead atoms. The molecule has 0 radical (unpaired) electrons. The third-order valence-electron chi connectivity index (χ3n) is 3.85. The number of hydrogen-bond donors (Lipinski definition) is 0. The van der Waals surface area contributed by atoms with Crippen LogP contribution in [-0.4, -0.2) is 19.3 Å². The molecule has 0 saturated heterocycles. The van der Waals surface area contributed by atoms with E-state index in [0.717, 1.165) is 0 Å². The van der Waals surface area contributed by atoms with Crippen LogP contribution < -0.4 is 4.90 Å². The number of likely N-dealkylation sites (N-methyl/N-ethyl adjacent to an activating group) is 1. The number of anilines is 1. The van der Waals surface area contributed by atoms with E-state index in [0.29, 0.717) is 12.1 Å². The molecular formula is C14H16N2. The normalized spacial score (nSPS) is 27.1. The van der Waals surface area contributed by atoms with E-state index in [4.69, 9.17) is 4.99 Å². The second-order valence-corrected chi connectivity index (χ2v) is 4.70. The number of fused-ring (bicyclic) bond motifs is 3.